The maximum atomic E-state index is 14.2. The Morgan fingerprint density at radius 1 is 1.62 bits per heavy atom. The molecule has 0 aliphatic carbocycles. The summed E-state index contributed by atoms with van der Waals surface area (Å²) >= 11 is 0. The molecule has 2 rings (SSSR count). The molecular formula is C13H18FN3O4. The summed E-state index contributed by atoms with van der Waals surface area (Å²) in [4.78, 5) is 12.0. The van der Waals surface area contributed by atoms with Crippen molar-refractivity contribution < 1.29 is 18.8 Å². The molecule has 0 radical (unpaired) electrons. The van der Waals surface area contributed by atoms with E-state index in [0.29, 0.717) is 31.9 Å². The highest BCUT2D eigenvalue weighted by molar-refractivity contribution is 5.60. The minimum Gasteiger partial charge on any atom is -0.490 e. The van der Waals surface area contributed by atoms with Crippen molar-refractivity contribution in [3.63, 3.8) is 0 Å². The highest BCUT2D eigenvalue weighted by Crippen LogP contribution is 2.34. The van der Waals surface area contributed by atoms with Gasteiger partial charge in [0, 0.05) is 25.7 Å². The summed E-state index contributed by atoms with van der Waals surface area (Å²) < 4.78 is 24.7. The fraction of sp³-hybridized carbons (Fsp3) is 0.538. The van der Waals surface area contributed by atoms with Crippen LogP contribution >= 0.6 is 0 Å². The molecular weight excluding hydrogens is 281 g/mol. The van der Waals surface area contributed by atoms with Gasteiger partial charge in [0.15, 0.2) is 11.6 Å². The lowest BCUT2D eigenvalue weighted by molar-refractivity contribution is -0.385. The average Bonchev–Trinajstić information content (AvgIpc) is 2.47. The Hall–Kier alpha value is -1.93. The first-order valence-corrected chi connectivity index (χ1v) is 6.60. The summed E-state index contributed by atoms with van der Waals surface area (Å²) in [5.74, 6) is -0.583. The van der Waals surface area contributed by atoms with Crippen molar-refractivity contribution in [2.45, 2.75) is 6.10 Å². The predicted octanol–water partition coefficient (Wildman–Crippen LogP) is 1.17. The number of rotatable bonds is 5. The molecule has 1 aromatic rings. The number of methoxy groups -OCH3 is 1. The number of ether oxygens (including phenoxy) is 2. The largest absolute Gasteiger partial charge is 0.490 e. The summed E-state index contributed by atoms with van der Waals surface area (Å²) in [6.07, 6.45) is -0.0515. The molecule has 0 spiro atoms. The SMILES string of the molecule is CNCC1CN(c2cc(OC)c([N+](=O)[O-])cc2F)CCO1. The van der Waals surface area contributed by atoms with Crippen molar-refractivity contribution in [3.8, 4) is 5.75 Å². The van der Waals surface area contributed by atoms with Crippen molar-refractivity contribution >= 4 is 11.4 Å². The Labute approximate surface area is 121 Å². The van der Waals surface area contributed by atoms with Gasteiger partial charge in [-0.1, -0.05) is 0 Å². The van der Waals surface area contributed by atoms with E-state index in [9.17, 15) is 14.5 Å². The summed E-state index contributed by atoms with van der Waals surface area (Å²) in [6.45, 7) is 2.17. The molecule has 1 saturated heterocycles. The zero-order valence-electron chi connectivity index (χ0n) is 12.0. The number of hydrogen-bond acceptors (Lipinski definition) is 6. The molecule has 0 saturated carbocycles. The molecule has 0 bridgehead atoms. The average molecular weight is 299 g/mol. The fourth-order valence-corrected chi connectivity index (χ4v) is 2.37. The van der Waals surface area contributed by atoms with E-state index in [1.165, 1.54) is 13.2 Å². The van der Waals surface area contributed by atoms with E-state index in [1.54, 1.807) is 0 Å². The number of nitro groups is 1. The third-order valence-corrected chi connectivity index (χ3v) is 3.36. The van der Waals surface area contributed by atoms with Crippen LogP contribution in [0.1, 0.15) is 0 Å². The number of halogens is 1. The van der Waals surface area contributed by atoms with Crippen LogP contribution in [0.2, 0.25) is 0 Å². The molecule has 0 amide bonds. The van der Waals surface area contributed by atoms with Crippen LogP contribution in [0, 0.1) is 15.9 Å². The lowest BCUT2D eigenvalue weighted by Gasteiger charge is -2.34. The van der Waals surface area contributed by atoms with Gasteiger partial charge in [0.25, 0.3) is 0 Å². The second-order valence-corrected chi connectivity index (χ2v) is 4.73. The molecule has 0 aromatic heterocycles. The Morgan fingerprint density at radius 2 is 2.38 bits per heavy atom. The van der Waals surface area contributed by atoms with Gasteiger partial charge < -0.3 is 19.7 Å². The fourth-order valence-electron chi connectivity index (χ4n) is 2.37. The van der Waals surface area contributed by atoms with E-state index < -0.39 is 10.7 Å². The maximum absolute atomic E-state index is 14.2. The van der Waals surface area contributed by atoms with E-state index in [-0.39, 0.29) is 17.5 Å². The van der Waals surface area contributed by atoms with Gasteiger partial charge >= 0.3 is 5.69 Å². The number of hydrogen-bond donors (Lipinski definition) is 1. The van der Waals surface area contributed by atoms with Gasteiger partial charge in [0.2, 0.25) is 0 Å². The smallest absolute Gasteiger partial charge is 0.313 e. The number of anilines is 1. The number of likely N-dealkylation sites (N-methyl/N-ethyl adjacent to an activating group) is 1. The molecule has 1 atom stereocenters. The first-order chi connectivity index (χ1) is 10.1. The molecule has 1 heterocycles. The molecule has 1 fully saturated rings. The van der Waals surface area contributed by atoms with Crippen LogP contribution in [0.4, 0.5) is 15.8 Å². The van der Waals surface area contributed by atoms with Crippen LogP contribution < -0.4 is 15.0 Å². The molecule has 1 aliphatic heterocycles. The molecule has 116 valence electrons. The minimum absolute atomic E-state index is 0.0491. The molecule has 8 heteroatoms. The van der Waals surface area contributed by atoms with Gasteiger partial charge in [0.1, 0.15) is 0 Å². The third kappa shape index (κ3) is 3.40. The second kappa shape index (κ2) is 6.68. The monoisotopic (exact) mass is 299 g/mol. The number of nitro benzene ring substituents is 1. The summed E-state index contributed by atoms with van der Waals surface area (Å²) in [6, 6.07) is 2.27. The van der Waals surface area contributed by atoms with Gasteiger partial charge in [-0.05, 0) is 7.05 Å². The number of nitrogens with one attached hydrogen (secondary N) is 1. The Kier molecular flexibility index (Phi) is 4.92. The van der Waals surface area contributed by atoms with Crippen molar-refractivity contribution in [2.75, 3.05) is 45.3 Å². The second-order valence-electron chi connectivity index (χ2n) is 4.73. The van der Waals surface area contributed by atoms with Crippen molar-refractivity contribution in [3.05, 3.63) is 28.1 Å². The van der Waals surface area contributed by atoms with Crippen LogP contribution in [-0.4, -0.2) is 51.4 Å². The van der Waals surface area contributed by atoms with Crippen LogP contribution in [0.15, 0.2) is 12.1 Å². The highest BCUT2D eigenvalue weighted by atomic mass is 19.1. The Bertz CT molecular complexity index is 524. The lowest BCUT2D eigenvalue weighted by Crippen LogP contribution is -2.46. The molecule has 1 unspecified atom stereocenters. The normalized spacial score (nSPS) is 18.6. The van der Waals surface area contributed by atoms with Crippen LogP contribution in [-0.2, 0) is 4.74 Å². The Balaban J connectivity index is 2.28. The van der Waals surface area contributed by atoms with Crippen molar-refractivity contribution in [2.24, 2.45) is 0 Å². The van der Waals surface area contributed by atoms with Crippen molar-refractivity contribution in [1.82, 2.24) is 5.32 Å². The predicted molar refractivity (Wildman–Crippen MR) is 75.5 cm³/mol. The standard InChI is InChI=1S/C13H18FN3O4/c1-15-7-9-8-16(3-4-21-9)11-6-13(20-2)12(17(18)19)5-10(11)14/h5-6,9,15H,3-4,7-8H2,1-2H3. The molecule has 1 aromatic carbocycles. The van der Waals surface area contributed by atoms with Crippen molar-refractivity contribution in [1.29, 1.82) is 0 Å². The van der Waals surface area contributed by atoms with E-state index >= 15 is 0 Å². The number of nitrogens with zero attached hydrogens (tertiary/aromatic N) is 2. The Morgan fingerprint density at radius 3 is 3.00 bits per heavy atom. The topological polar surface area (TPSA) is 76.9 Å². The lowest BCUT2D eigenvalue weighted by atomic mass is 10.2. The van der Waals surface area contributed by atoms with E-state index in [4.69, 9.17) is 9.47 Å². The van der Waals surface area contributed by atoms with E-state index in [0.717, 1.165) is 6.07 Å². The zero-order chi connectivity index (χ0) is 15.4. The number of morpholine rings is 1. The van der Waals surface area contributed by atoms with E-state index in [1.807, 2.05) is 11.9 Å². The van der Waals surface area contributed by atoms with Gasteiger partial charge in [-0.2, -0.15) is 0 Å². The third-order valence-electron chi connectivity index (χ3n) is 3.36. The summed E-state index contributed by atoms with van der Waals surface area (Å²) in [5, 5.41) is 13.9. The minimum atomic E-state index is -0.658. The summed E-state index contributed by atoms with van der Waals surface area (Å²) in [7, 11) is 3.14. The molecule has 1 N–H and O–H groups in total. The van der Waals surface area contributed by atoms with Gasteiger partial charge in [-0.15, -0.1) is 0 Å². The van der Waals surface area contributed by atoms with Gasteiger partial charge in [-0.3, -0.25) is 10.1 Å². The molecule has 1 aliphatic rings. The molecule has 21 heavy (non-hydrogen) atoms. The first-order valence-electron chi connectivity index (χ1n) is 6.60. The highest BCUT2D eigenvalue weighted by Gasteiger charge is 2.26. The zero-order valence-corrected chi connectivity index (χ0v) is 12.0. The van der Waals surface area contributed by atoms with Gasteiger partial charge in [-0.25, -0.2) is 4.39 Å². The van der Waals surface area contributed by atoms with E-state index in [2.05, 4.69) is 5.32 Å². The first kappa shape index (κ1) is 15.5. The summed E-state index contributed by atoms with van der Waals surface area (Å²) in [5.41, 5.74) is -0.0827. The maximum Gasteiger partial charge on any atom is 0.313 e. The number of benzene rings is 1. The quantitative estimate of drug-likeness (QED) is 0.649. The van der Waals surface area contributed by atoms with Crippen LogP contribution in [0.3, 0.4) is 0 Å². The van der Waals surface area contributed by atoms with Crippen LogP contribution in [0.25, 0.3) is 0 Å². The molecule has 7 nitrogen and oxygen atoms in total. The van der Waals surface area contributed by atoms with Gasteiger partial charge in [0.05, 0.1) is 36.5 Å². The van der Waals surface area contributed by atoms with Crippen LogP contribution in [0.5, 0.6) is 5.75 Å².